The number of nitrogens with one attached hydrogen (secondary N) is 1. The van der Waals surface area contributed by atoms with Crippen molar-refractivity contribution in [2.45, 2.75) is 6.54 Å². The Morgan fingerprint density at radius 2 is 1.45 bits per heavy atom. The first-order valence-electron chi connectivity index (χ1n) is 6.84. The van der Waals surface area contributed by atoms with E-state index in [4.69, 9.17) is 0 Å². The zero-order valence-electron chi connectivity index (χ0n) is 12.7. The standard InChI is InChI=1S/C17H23N3/c1-19(2)16-10-8-14(9-11-16)13-18-15-6-5-7-17(12-15)20(3)4/h5-12,18H,13H2,1-4H3. The van der Waals surface area contributed by atoms with Crippen LogP contribution in [-0.2, 0) is 6.54 Å². The van der Waals surface area contributed by atoms with Crippen molar-refractivity contribution in [3.05, 3.63) is 54.1 Å². The molecule has 0 saturated carbocycles. The summed E-state index contributed by atoms with van der Waals surface area (Å²) in [6, 6.07) is 17.1. The lowest BCUT2D eigenvalue weighted by atomic mass is 10.2. The minimum atomic E-state index is 0.838. The van der Waals surface area contributed by atoms with Gasteiger partial charge in [-0.3, -0.25) is 0 Å². The summed E-state index contributed by atoms with van der Waals surface area (Å²) in [6.45, 7) is 0.838. The van der Waals surface area contributed by atoms with E-state index in [9.17, 15) is 0 Å². The third-order valence-corrected chi connectivity index (χ3v) is 3.31. The van der Waals surface area contributed by atoms with Gasteiger partial charge in [0.2, 0.25) is 0 Å². The van der Waals surface area contributed by atoms with Crippen LogP contribution in [0.2, 0.25) is 0 Å². The quantitative estimate of drug-likeness (QED) is 0.897. The maximum absolute atomic E-state index is 3.46. The van der Waals surface area contributed by atoms with Gasteiger partial charge in [0.15, 0.2) is 0 Å². The summed E-state index contributed by atoms with van der Waals surface area (Å²) in [6.07, 6.45) is 0. The van der Waals surface area contributed by atoms with Gasteiger partial charge in [-0.1, -0.05) is 18.2 Å². The molecule has 0 radical (unpaired) electrons. The van der Waals surface area contributed by atoms with Crippen LogP contribution in [0.1, 0.15) is 5.56 Å². The lowest BCUT2D eigenvalue weighted by Gasteiger charge is -2.15. The molecule has 0 aliphatic carbocycles. The molecule has 0 fully saturated rings. The summed E-state index contributed by atoms with van der Waals surface area (Å²) < 4.78 is 0. The molecule has 0 saturated heterocycles. The van der Waals surface area contributed by atoms with Gasteiger partial charge in [-0.25, -0.2) is 0 Å². The van der Waals surface area contributed by atoms with Crippen molar-refractivity contribution in [1.82, 2.24) is 0 Å². The van der Waals surface area contributed by atoms with Crippen LogP contribution < -0.4 is 15.1 Å². The van der Waals surface area contributed by atoms with E-state index in [2.05, 4.69) is 91.8 Å². The Balaban J connectivity index is 1.99. The van der Waals surface area contributed by atoms with Crippen molar-refractivity contribution in [2.75, 3.05) is 43.3 Å². The largest absolute Gasteiger partial charge is 0.381 e. The van der Waals surface area contributed by atoms with Crippen LogP contribution >= 0.6 is 0 Å². The Labute approximate surface area is 121 Å². The summed E-state index contributed by atoms with van der Waals surface area (Å²) in [5, 5.41) is 3.46. The fraction of sp³-hybridized carbons (Fsp3) is 0.294. The fourth-order valence-corrected chi connectivity index (χ4v) is 2.01. The number of benzene rings is 2. The molecule has 0 bridgehead atoms. The smallest absolute Gasteiger partial charge is 0.0400 e. The van der Waals surface area contributed by atoms with Gasteiger partial charge < -0.3 is 15.1 Å². The minimum absolute atomic E-state index is 0.838. The van der Waals surface area contributed by atoms with Gasteiger partial charge in [-0.2, -0.15) is 0 Å². The average Bonchev–Trinajstić information content (AvgIpc) is 2.46. The first-order chi connectivity index (χ1) is 9.56. The van der Waals surface area contributed by atoms with E-state index in [1.807, 2.05) is 0 Å². The second kappa shape index (κ2) is 6.33. The highest BCUT2D eigenvalue weighted by Crippen LogP contribution is 2.18. The molecule has 0 amide bonds. The monoisotopic (exact) mass is 269 g/mol. The van der Waals surface area contributed by atoms with Crippen molar-refractivity contribution >= 4 is 17.1 Å². The predicted molar refractivity (Wildman–Crippen MR) is 88.9 cm³/mol. The van der Waals surface area contributed by atoms with Crippen LogP contribution in [0.15, 0.2) is 48.5 Å². The number of hydrogen-bond acceptors (Lipinski definition) is 3. The van der Waals surface area contributed by atoms with Gasteiger partial charge >= 0.3 is 0 Å². The number of nitrogens with zero attached hydrogens (tertiary/aromatic N) is 2. The van der Waals surface area contributed by atoms with Crippen LogP contribution in [-0.4, -0.2) is 28.2 Å². The molecule has 20 heavy (non-hydrogen) atoms. The van der Waals surface area contributed by atoms with E-state index < -0.39 is 0 Å². The summed E-state index contributed by atoms with van der Waals surface area (Å²) in [5.74, 6) is 0. The summed E-state index contributed by atoms with van der Waals surface area (Å²) in [5.41, 5.74) is 4.86. The van der Waals surface area contributed by atoms with Crippen molar-refractivity contribution in [3.8, 4) is 0 Å². The van der Waals surface area contributed by atoms with E-state index in [0.29, 0.717) is 0 Å². The van der Waals surface area contributed by atoms with Crippen LogP contribution in [0.4, 0.5) is 17.1 Å². The Morgan fingerprint density at radius 1 is 0.800 bits per heavy atom. The van der Waals surface area contributed by atoms with Crippen molar-refractivity contribution in [1.29, 1.82) is 0 Å². The van der Waals surface area contributed by atoms with Gasteiger partial charge in [-0.05, 0) is 35.9 Å². The van der Waals surface area contributed by atoms with Crippen molar-refractivity contribution in [2.24, 2.45) is 0 Å². The zero-order valence-corrected chi connectivity index (χ0v) is 12.7. The summed E-state index contributed by atoms with van der Waals surface area (Å²) >= 11 is 0. The third-order valence-electron chi connectivity index (χ3n) is 3.31. The second-order valence-corrected chi connectivity index (χ2v) is 5.36. The SMILES string of the molecule is CN(C)c1ccc(CNc2cccc(N(C)C)c2)cc1. The average molecular weight is 269 g/mol. The van der Waals surface area contributed by atoms with Crippen LogP contribution in [0.25, 0.3) is 0 Å². The molecule has 0 aliphatic heterocycles. The molecule has 2 aromatic rings. The summed E-state index contributed by atoms with van der Waals surface area (Å²) in [7, 11) is 8.22. The van der Waals surface area contributed by atoms with E-state index in [1.54, 1.807) is 0 Å². The first kappa shape index (κ1) is 14.3. The van der Waals surface area contributed by atoms with E-state index in [0.717, 1.165) is 12.2 Å². The van der Waals surface area contributed by atoms with E-state index in [-0.39, 0.29) is 0 Å². The molecule has 0 aromatic heterocycles. The Morgan fingerprint density at radius 3 is 2.05 bits per heavy atom. The number of anilines is 3. The van der Waals surface area contributed by atoms with Crippen LogP contribution in [0, 0.1) is 0 Å². The highest BCUT2D eigenvalue weighted by molar-refractivity contribution is 5.57. The Bertz CT molecular complexity index is 544. The maximum atomic E-state index is 3.46. The topological polar surface area (TPSA) is 18.5 Å². The molecule has 1 N–H and O–H groups in total. The Kier molecular flexibility index (Phi) is 4.51. The summed E-state index contributed by atoms with van der Waals surface area (Å²) in [4.78, 5) is 4.22. The number of rotatable bonds is 5. The van der Waals surface area contributed by atoms with E-state index in [1.165, 1.54) is 16.9 Å². The van der Waals surface area contributed by atoms with Gasteiger partial charge in [-0.15, -0.1) is 0 Å². The first-order valence-corrected chi connectivity index (χ1v) is 6.84. The van der Waals surface area contributed by atoms with Crippen molar-refractivity contribution < 1.29 is 0 Å². The highest BCUT2D eigenvalue weighted by atomic mass is 15.1. The molecular weight excluding hydrogens is 246 g/mol. The van der Waals surface area contributed by atoms with E-state index >= 15 is 0 Å². The molecule has 2 rings (SSSR count). The molecule has 3 heteroatoms. The molecule has 0 atom stereocenters. The molecule has 2 aromatic carbocycles. The molecule has 0 unspecified atom stereocenters. The molecular formula is C17H23N3. The van der Waals surface area contributed by atoms with Gasteiger partial charge in [0.1, 0.15) is 0 Å². The molecule has 106 valence electrons. The van der Waals surface area contributed by atoms with Gasteiger partial charge in [0.25, 0.3) is 0 Å². The van der Waals surface area contributed by atoms with Crippen LogP contribution in [0.3, 0.4) is 0 Å². The minimum Gasteiger partial charge on any atom is -0.381 e. The normalized spacial score (nSPS) is 10.2. The zero-order chi connectivity index (χ0) is 14.5. The predicted octanol–water partition coefficient (Wildman–Crippen LogP) is 3.43. The van der Waals surface area contributed by atoms with Crippen LogP contribution in [0.5, 0.6) is 0 Å². The van der Waals surface area contributed by atoms with Gasteiger partial charge in [0.05, 0.1) is 0 Å². The third kappa shape index (κ3) is 3.67. The maximum Gasteiger partial charge on any atom is 0.0400 e. The Hall–Kier alpha value is -2.16. The molecule has 0 spiro atoms. The molecule has 0 heterocycles. The van der Waals surface area contributed by atoms with Crippen molar-refractivity contribution in [3.63, 3.8) is 0 Å². The highest BCUT2D eigenvalue weighted by Gasteiger charge is 1.99. The lowest BCUT2D eigenvalue weighted by Crippen LogP contribution is -2.09. The molecule has 3 nitrogen and oxygen atoms in total. The molecule has 0 aliphatic rings. The lowest BCUT2D eigenvalue weighted by molar-refractivity contribution is 1.10. The van der Waals surface area contributed by atoms with Gasteiger partial charge in [0, 0.05) is 51.8 Å². The number of hydrogen-bond donors (Lipinski definition) is 1. The fourth-order valence-electron chi connectivity index (χ4n) is 2.01. The second-order valence-electron chi connectivity index (χ2n) is 5.36.